The number of nitrogens with zero attached hydrogens (tertiary/aromatic N) is 2. The van der Waals surface area contributed by atoms with Gasteiger partial charge in [-0.2, -0.15) is 0 Å². The van der Waals surface area contributed by atoms with E-state index in [1.165, 1.54) is 36.3 Å². The van der Waals surface area contributed by atoms with Crippen molar-refractivity contribution in [1.29, 1.82) is 0 Å². The van der Waals surface area contributed by atoms with Crippen LogP contribution in [0.3, 0.4) is 0 Å². The van der Waals surface area contributed by atoms with E-state index < -0.39 is 7.60 Å². The van der Waals surface area contributed by atoms with E-state index in [-0.39, 0.29) is 6.16 Å². The Morgan fingerprint density at radius 2 is 1.59 bits per heavy atom. The van der Waals surface area contributed by atoms with Gasteiger partial charge in [-0.3, -0.25) is 4.57 Å². The minimum absolute atomic E-state index is 0.0825. The average Bonchev–Trinajstić information content (AvgIpc) is 2.98. The van der Waals surface area contributed by atoms with E-state index in [1.807, 2.05) is 0 Å². The molecule has 2 aliphatic rings. The van der Waals surface area contributed by atoms with E-state index in [4.69, 9.17) is 14.2 Å². The molecule has 0 saturated carbocycles. The van der Waals surface area contributed by atoms with Crippen molar-refractivity contribution in [3.05, 3.63) is 72.1 Å². The zero-order chi connectivity index (χ0) is 30.4. The summed E-state index contributed by atoms with van der Waals surface area (Å²) in [6.45, 7) is 13.1. The Morgan fingerprint density at radius 3 is 2.15 bits per heavy atom. The summed E-state index contributed by atoms with van der Waals surface area (Å²) in [6.07, 6.45) is 0.335. The SMILES string of the molecule is CCN(CC)c1ccc2c(-c3ccccc3)c3ccc(=[N+](CC)CC)cc-3oc2c1.CN.COCCCP(=O)(O)O. The highest BCUT2D eigenvalue weighted by Gasteiger charge is 2.19. The van der Waals surface area contributed by atoms with Gasteiger partial charge in [0.1, 0.15) is 24.4 Å². The number of anilines is 1. The number of benzene rings is 3. The van der Waals surface area contributed by atoms with Gasteiger partial charge in [0.05, 0.1) is 12.2 Å². The fraction of sp³-hybridized carbons (Fsp3) is 0.406. The number of methoxy groups -OCH3 is 1. The molecule has 0 saturated heterocycles. The van der Waals surface area contributed by atoms with Crippen molar-refractivity contribution >= 4 is 24.3 Å². The molecule has 0 amide bonds. The van der Waals surface area contributed by atoms with Crippen LogP contribution < -0.4 is 20.6 Å². The molecular weight excluding hydrogens is 537 g/mol. The zero-order valence-corrected chi connectivity index (χ0v) is 26.2. The summed E-state index contributed by atoms with van der Waals surface area (Å²) < 4.78 is 23.6. The summed E-state index contributed by atoms with van der Waals surface area (Å²) in [6, 6.07) is 23.9. The predicted octanol–water partition coefficient (Wildman–Crippen LogP) is 5.64. The van der Waals surface area contributed by atoms with E-state index in [1.54, 1.807) is 0 Å². The maximum atomic E-state index is 10.1. The molecule has 0 atom stereocenters. The third-order valence-corrected chi connectivity index (χ3v) is 7.71. The molecule has 4 N–H and O–H groups in total. The first-order valence-electron chi connectivity index (χ1n) is 14.3. The van der Waals surface area contributed by atoms with Gasteiger partial charge < -0.3 is 29.6 Å². The van der Waals surface area contributed by atoms with E-state index >= 15 is 0 Å². The molecule has 1 aliphatic carbocycles. The quantitative estimate of drug-likeness (QED) is 0.0958. The Kier molecular flexibility index (Phi) is 14.2. The van der Waals surface area contributed by atoms with Crippen molar-refractivity contribution < 1.29 is 23.5 Å². The molecule has 0 bridgehead atoms. The molecule has 9 heteroatoms. The van der Waals surface area contributed by atoms with Gasteiger partial charge in [-0.05, 0) is 64.9 Å². The highest BCUT2D eigenvalue weighted by atomic mass is 31.2. The van der Waals surface area contributed by atoms with Crippen LogP contribution in [-0.2, 0) is 9.30 Å². The number of rotatable bonds is 10. The second kappa shape index (κ2) is 17.1. The van der Waals surface area contributed by atoms with E-state index in [2.05, 4.69) is 114 Å². The molecule has 41 heavy (non-hydrogen) atoms. The molecule has 0 aromatic heterocycles. The van der Waals surface area contributed by atoms with Gasteiger partial charge in [-0.15, -0.1) is 0 Å². The summed E-state index contributed by atoms with van der Waals surface area (Å²) >= 11 is 0. The first-order chi connectivity index (χ1) is 19.8. The van der Waals surface area contributed by atoms with Crippen molar-refractivity contribution in [2.24, 2.45) is 5.73 Å². The van der Waals surface area contributed by atoms with Crippen LogP contribution in [0.4, 0.5) is 5.69 Å². The number of nitrogens with two attached hydrogens (primary N) is 1. The van der Waals surface area contributed by atoms with Crippen LogP contribution in [0.25, 0.3) is 33.4 Å². The van der Waals surface area contributed by atoms with Crippen LogP contribution in [0.2, 0.25) is 0 Å². The van der Waals surface area contributed by atoms with Gasteiger partial charge in [0, 0.05) is 61.1 Å². The minimum atomic E-state index is -3.78. The molecule has 4 rings (SSSR count). The van der Waals surface area contributed by atoms with E-state index in [0.717, 1.165) is 48.5 Å². The number of hydrogen-bond donors (Lipinski definition) is 3. The first kappa shape index (κ1) is 34.2. The molecule has 1 heterocycles. The molecule has 224 valence electrons. The van der Waals surface area contributed by atoms with Gasteiger partial charge in [-0.1, -0.05) is 30.3 Å². The molecule has 0 fully saturated rings. The van der Waals surface area contributed by atoms with Crippen molar-refractivity contribution in [3.63, 3.8) is 0 Å². The number of hydrogen-bond acceptors (Lipinski definition) is 5. The molecule has 1 aliphatic heterocycles. The van der Waals surface area contributed by atoms with Gasteiger partial charge in [0.25, 0.3) is 0 Å². The van der Waals surface area contributed by atoms with Crippen LogP contribution >= 0.6 is 7.60 Å². The van der Waals surface area contributed by atoms with Crippen LogP contribution in [0.5, 0.6) is 0 Å². The summed E-state index contributed by atoms with van der Waals surface area (Å²) in [5, 5.41) is 2.36. The summed E-state index contributed by atoms with van der Waals surface area (Å²) in [5.74, 6) is 0.933. The lowest BCUT2D eigenvalue weighted by Crippen LogP contribution is -2.29. The van der Waals surface area contributed by atoms with Gasteiger partial charge >= 0.3 is 7.60 Å². The van der Waals surface area contributed by atoms with Crippen molar-refractivity contribution in [3.8, 4) is 22.5 Å². The first-order valence-corrected chi connectivity index (χ1v) is 16.1. The largest absolute Gasteiger partial charge is 0.456 e. The van der Waals surface area contributed by atoms with Crippen LogP contribution in [0.15, 0.2) is 71.1 Å². The molecule has 8 nitrogen and oxygen atoms in total. The Balaban J connectivity index is 0.000000459. The van der Waals surface area contributed by atoms with E-state index in [0.29, 0.717) is 13.0 Å². The summed E-state index contributed by atoms with van der Waals surface area (Å²) in [5.41, 5.74) is 10.2. The zero-order valence-electron chi connectivity index (χ0n) is 25.3. The average molecular weight is 585 g/mol. The number of ether oxygens (including phenoxy) is 1. The maximum absolute atomic E-state index is 10.1. The second-order valence-electron chi connectivity index (χ2n) is 9.28. The van der Waals surface area contributed by atoms with Crippen LogP contribution in [-0.4, -0.2) is 62.9 Å². The second-order valence-corrected chi connectivity index (χ2v) is 11.1. The van der Waals surface area contributed by atoms with Gasteiger partial charge in [0.2, 0.25) is 5.36 Å². The Morgan fingerprint density at radius 1 is 0.927 bits per heavy atom. The predicted molar refractivity (Wildman–Crippen MR) is 172 cm³/mol. The van der Waals surface area contributed by atoms with Crippen LogP contribution in [0.1, 0.15) is 34.1 Å². The Bertz CT molecular complexity index is 1420. The fourth-order valence-corrected chi connectivity index (χ4v) is 5.31. The third-order valence-electron chi connectivity index (χ3n) is 6.81. The molecule has 0 radical (unpaired) electrons. The standard InChI is InChI=1S/C27H31N2O.C4H11O4P.CH5N/c1-5-28(6-2)21-14-16-23-25(18-21)30-26-19-22(29(7-3)8-4)15-17-24(26)27(23)20-12-10-9-11-13-20;1-8-3-2-4-9(5,6)7;1-2/h9-19H,5-8H2,1-4H3;2-4H2,1H3,(H2,5,6,7);2H2,1H3/q+1;;. The summed E-state index contributed by atoms with van der Waals surface area (Å²) in [4.78, 5) is 19.0. The van der Waals surface area contributed by atoms with Gasteiger partial charge in [-0.25, -0.2) is 4.58 Å². The van der Waals surface area contributed by atoms with Crippen molar-refractivity contribution in [2.45, 2.75) is 34.1 Å². The maximum Gasteiger partial charge on any atom is 0.325 e. The lowest BCUT2D eigenvalue weighted by atomic mass is 9.93. The van der Waals surface area contributed by atoms with Gasteiger partial charge in [0.15, 0.2) is 0 Å². The summed E-state index contributed by atoms with van der Waals surface area (Å²) in [7, 11) is -0.776. The minimum Gasteiger partial charge on any atom is -0.456 e. The molecule has 0 unspecified atom stereocenters. The monoisotopic (exact) mass is 584 g/mol. The van der Waals surface area contributed by atoms with E-state index in [9.17, 15) is 4.57 Å². The lowest BCUT2D eigenvalue weighted by molar-refractivity contribution is 0.197. The van der Waals surface area contributed by atoms with Crippen molar-refractivity contribution in [2.75, 3.05) is 58.0 Å². The molecule has 2 aromatic rings. The normalized spacial score (nSPS) is 11.0. The highest BCUT2D eigenvalue weighted by Crippen LogP contribution is 2.40. The molecule has 0 spiro atoms. The highest BCUT2D eigenvalue weighted by molar-refractivity contribution is 7.51. The molecule has 2 aromatic carbocycles. The van der Waals surface area contributed by atoms with Crippen LogP contribution in [0, 0.1) is 0 Å². The molecular formula is C32H47N3O5P+. The lowest BCUT2D eigenvalue weighted by Gasteiger charge is -2.22. The third kappa shape index (κ3) is 9.52. The Labute approximate surface area is 244 Å². The van der Waals surface area contributed by atoms with Crippen molar-refractivity contribution in [1.82, 2.24) is 4.58 Å². The number of fused-ring (bicyclic) bond motifs is 2. The topological polar surface area (TPSA) is 112 Å². The Hall–Kier alpha value is -3.00. The fourth-order valence-electron chi connectivity index (χ4n) is 4.77. The smallest absolute Gasteiger partial charge is 0.325 e.